The van der Waals surface area contributed by atoms with E-state index in [1.165, 1.54) is 6.42 Å². The van der Waals surface area contributed by atoms with Gasteiger partial charge in [-0.2, -0.15) is 0 Å². The SMILES string of the molecule is CCNC(=NCCCN(Cc1cccnc1)C(=O)OC(C)(C)C)NC1CC2CCC1O2.I. The van der Waals surface area contributed by atoms with Gasteiger partial charge in [-0.15, -0.1) is 24.0 Å². The number of hydrogen-bond acceptors (Lipinski definition) is 5. The molecular weight excluding hydrogens is 521 g/mol. The fraction of sp³-hybridized carbons (Fsp3) is 0.696. The van der Waals surface area contributed by atoms with Crippen LogP contribution in [0.2, 0.25) is 0 Å². The van der Waals surface area contributed by atoms with Crippen LogP contribution in [0.5, 0.6) is 0 Å². The Morgan fingerprint density at radius 3 is 2.78 bits per heavy atom. The summed E-state index contributed by atoms with van der Waals surface area (Å²) in [6.45, 7) is 10.1. The number of nitrogens with zero attached hydrogens (tertiary/aromatic N) is 3. The van der Waals surface area contributed by atoms with Crippen LogP contribution in [0, 0.1) is 0 Å². The van der Waals surface area contributed by atoms with E-state index in [1.54, 1.807) is 17.3 Å². The van der Waals surface area contributed by atoms with Crippen molar-refractivity contribution >= 4 is 36.0 Å². The Kier molecular flexibility index (Phi) is 10.5. The first-order valence-electron chi connectivity index (χ1n) is 11.4. The lowest BCUT2D eigenvalue weighted by molar-refractivity contribution is 0.0232. The Morgan fingerprint density at radius 1 is 1.38 bits per heavy atom. The predicted molar refractivity (Wildman–Crippen MR) is 136 cm³/mol. The van der Waals surface area contributed by atoms with Crippen LogP contribution >= 0.6 is 24.0 Å². The van der Waals surface area contributed by atoms with E-state index >= 15 is 0 Å². The number of aromatic nitrogens is 1. The van der Waals surface area contributed by atoms with Gasteiger partial charge in [0.25, 0.3) is 0 Å². The summed E-state index contributed by atoms with van der Waals surface area (Å²) in [6.07, 6.45) is 7.98. The molecule has 2 fully saturated rings. The van der Waals surface area contributed by atoms with Gasteiger partial charge in [-0.3, -0.25) is 9.98 Å². The van der Waals surface area contributed by atoms with E-state index in [-0.39, 0.29) is 30.1 Å². The lowest BCUT2D eigenvalue weighted by Crippen LogP contribution is -2.47. The van der Waals surface area contributed by atoms with Crippen LogP contribution in [-0.4, -0.2) is 65.4 Å². The van der Waals surface area contributed by atoms with E-state index in [2.05, 4.69) is 22.5 Å². The second-order valence-corrected chi connectivity index (χ2v) is 9.24. The Hall–Kier alpha value is -1.62. The molecule has 1 aromatic rings. The van der Waals surface area contributed by atoms with Crippen molar-refractivity contribution in [3.05, 3.63) is 30.1 Å². The normalized spacial score (nSPS) is 22.2. The number of pyridine rings is 1. The molecule has 8 nitrogen and oxygen atoms in total. The number of nitrogens with one attached hydrogen (secondary N) is 2. The smallest absolute Gasteiger partial charge is 0.410 e. The highest BCUT2D eigenvalue weighted by Crippen LogP contribution is 2.34. The van der Waals surface area contributed by atoms with Crippen molar-refractivity contribution < 1.29 is 14.3 Å². The van der Waals surface area contributed by atoms with Gasteiger partial charge >= 0.3 is 6.09 Å². The maximum atomic E-state index is 12.7. The van der Waals surface area contributed by atoms with E-state index < -0.39 is 5.60 Å². The van der Waals surface area contributed by atoms with Crippen molar-refractivity contribution in [2.45, 2.75) is 83.8 Å². The third-order valence-electron chi connectivity index (χ3n) is 5.38. The standard InChI is InChI=1S/C23H37N5O3.HI/c1-5-25-21(27-19-14-18-9-10-20(19)30-18)26-12-7-13-28(22(29)31-23(2,3)4)16-17-8-6-11-24-15-17;/h6,8,11,15,18-20H,5,7,9-10,12-14,16H2,1-4H3,(H2,25,26,27);1H. The minimum absolute atomic E-state index is 0. The highest BCUT2D eigenvalue weighted by atomic mass is 127. The van der Waals surface area contributed by atoms with Crippen LogP contribution in [0.4, 0.5) is 4.79 Å². The second kappa shape index (κ2) is 12.6. The molecule has 0 saturated carbocycles. The Bertz CT molecular complexity index is 741. The minimum Gasteiger partial charge on any atom is -0.444 e. The molecule has 0 spiro atoms. The average Bonchev–Trinajstić information content (AvgIpc) is 3.33. The zero-order valence-corrected chi connectivity index (χ0v) is 22.0. The number of amides is 1. The molecule has 0 radical (unpaired) electrons. The first-order valence-corrected chi connectivity index (χ1v) is 11.4. The van der Waals surface area contributed by atoms with Gasteiger partial charge in [0.1, 0.15) is 5.60 Å². The maximum Gasteiger partial charge on any atom is 0.410 e. The predicted octanol–water partition coefficient (Wildman–Crippen LogP) is 3.70. The molecule has 0 aliphatic carbocycles. The molecule has 3 unspecified atom stereocenters. The second-order valence-electron chi connectivity index (χ2n) is 9.24. The lowest BCUT2D eigenvalue weighted by Gasteiger charge is -2.27. The van der Waals surface area contributed by atoms with Crippen molar-refractivity contribution in [1.82, 2.24) is 20.5 Å². The van der Waals surface area contributed by atoms with Crippen molar-refractivity contribution in [2.24, 2.45) is 4.99 Å². The first kappa shape index (κ1) is 26.6. The summed E-state index contributed by atoms with van der Waals surface area (Å²) in [5.41, 5.74) is 0.441. The van der Waals surface area contributed by atoms with Crippen LogP contribution in [0.1, 0.15) is 58.9 Å². The maximum absolute atomic E-state index is 12.7. The van der Waals surface area contributed by atoms with Crippen LogP contribution in [0.3, 0.4) is 0 Å². The van der Waals surface area contributed by atoms with E-state index in [4.69, 9.17) is 14.5 Å². The molecule has 2 aliphatic heterocycles. The summed E-state index contributed by atoms with van der Waals surface area (Å²) >= 11 is 0. The van der Waals surface area contributed by atoms with Gasteiger partial charge < -0.3 is 25.0 Å². The van der Waals surface area contributed by atoms with Crippen molar-refractivity contribution in [1.29, 1.82) is 0 Å². The zero-order valence-electron chi connectivity index (χ0n) is 19.7. The largest absolute Gasteiger partial charge is 0.444 e. The molecule has 0 aromatic carbocycles. The van der Waals surface area contributed by atoms with Crippen LogP contribution < -0.4 is 10.6 Å². The van der Waals surface area contributed by atoms with Gasteiger partial charge in [-0.05, 0) is 65.0 Å². The third-order valence-corrected chi connectivity index (χ3v) is 5.38. The molecular formula is C23H38IN5O3. The van der Waals surface area contributed by atoms with Crippen LogP contribution in [0.25, 0.3) is 0 Å². The molecule has 3 atom stereocenters. The van der Waals surface area contributed by atoms with Gasteiger partial charge in [0.05, 0.1) is 24.8 Å². The fourth-order valence-electron chi connectivity index (χ4n) is 4.01. The third kappa shape index (κ3) is 8.38. The molecule has 2 N–H and O–H groups in total. The summed E-state index contributed by atoms with van der Waals surface area (Å²) in [5.74, 6) is 0.819. The van der Waals surface area contributed by atoms with Gasteiger partial charge in [0.15, 0.2) is 5.96 Å². The Labute approximate surface area is 208 Å². The number of carbonyl (C=O) groups excluding carboxylic acids is 1. The molecule has 2 saturated heterocycles. The monoisotopic (exact) mass is 559 g/mol. The number of carbonyl (C=O) groups is 1. The number of hydrogen-bond donors (Lipinski definition) is 2. The summed E-state index contributed by atoms with van der Waals surface area (Å²) in [4.78, 5) is 23.3. The Morgan fingerprint density at radius 2 is 2.19 bits per heavy atom. The van der Waals surface area contributed by atoms with Crippen molar-refractivity contribution in [3.63, 3.8) is 0 Å². The van der Waals surface area contributed by atoms with Crippen LogP contribution in [0.15, 0.2) is 29.5 Å². The van der Waals surface area contributed by atoms with Crippen LogP contribution in [-0.2, 0) is 16.0 Å². The number of guanidine groups is 1. The first-order chi connectivity index (χ1) is 14.8. The van der Waals surface area contributed by atoms with Crippen molar-refractivity contribution in [3.8, 4) is 0 Å². The van der Waals surface area contributed by atoms with Gasteiger partial charge in [-0.25, -0.2) is 4.79 Å². The van der Waals surface area contributed by atoms with E-state index in [1.807, 2.05) is 32.9 Å². The molecule has 2 bridgehead atoms. The molecule has 1 amide bonds. The molecule has 3 rings (SSSR count). The highest BCUT2D eigenvalue weighted by molar-refractivity contribution is 14.0. The van der Waals surface area contributed by atoms with Crippen molar-refractivity contribution in [2.75, 3.05) is 19.6 Å². The molecule has 1 aromatic heterocycles. The quantitative estimate of drug-likeness (QED) is 0.219. The van der Waals surface area contributed by atoms with Gasteiger partial charge in [0, 0.05) is 32.0 Å². The van der Waals surface area contributed by atoms with Gasteiger partial charge in [0.2, 0.25) is 0 Å². The molecule has 3 heterocycles. The fourth-order valence-corrected chi connectivity index (χ4v) is 4.01. The topological polar surface area (TPSA) is 88.1 Å². The molecule has 32 heavy (non-hydrogen) atoms. The lowest BCUT2D eigenvalue weighted by atomic mass is 9.96. The zero-order chi connectivity index (χ0) is 22.3. The summed E-state index contributed by atoms with van der Waals surface area (Å²) < 4.78 is 11.5. The number of rotatable bonds is 8. The summed E-state index contributed by atoms with van der Waals surface area (Å²) in [5, 5.41) is 6.85. The number of aliphatic imine (C=N–C) groups is 1. The van der Waals surface area contributed by atoms with E-state index in [0.29, 0.717) is 37.9 Å². The highest BCUT2D eigenvalue weighted by Gasteiger charge is 2.41. The number of ether oxygens (including phenoxy) is 2. The summed E-state index contributed by atoms with van der Waals surface area (Å²) in [6, 6.07) is 4.17. The minimum atomic E-state index is -0.534. The molecule has 9 heteroatoms. The Balaban J connectivity index is 0.00000363. The number of fused-ring (bicyclic) bond motifs is 2. The summed E-state index contributed by atoms with van der Waals surface area (Å²) in [7, 11) is 0. The van der Waals surface area contributed by atoms with E-state index in [9.17, 15) is 4.79 Å². The average molecular weight is 559 g/mol. The number of halogens is 1. The van der Waals surface area contributed by atoms with Gasteiger partial charge in [-0.1, -0.05) is 6.07 Å². The molecule has 180 valence electrons. The molecule has 2 aliphatic rings. The van der Waals surface area contributed by atoms with E-state index in [0.717, 1.165) is 37.3 Å².